The second-order valence-corrected chi connectivity index (χ2v) is 11.0. The number of amides is 1. The van der Waals surface area contributed by atoms with Crippen molar-refractivity contribution in [2.45, 2.75) is 69.4 Å². The molecule has 34 heavy (non-hydrogen) atoms. The molecule has 4 rings (SSSR count). The van der Waals surface area contributed by atoms with Gasteiger partial charge in [-0.25, -0.2) is 13.1 Å². The van der Waals surface area contributed by atoms with E-state index in [2.05, 4.69) is 16.9 Å². The Kier molecular flexibility index (Phi) is 7.48. The number of hydrogen-bond donors (Lipinski definition) is 1. The van der Waals surface area contributed by atoms with Gasteiger partial charge < -0.3 is 14.4 Å². The van der Waals surface area contributed by atoms with E-state index in [9.17, 15) is 13.2 Å². The van der Waals surface area contributed by atoms with E-state index in [1.165, 1.54) is 13.2 Å². The summed E-state index contributed by atoms with van der Waals surface area (Å²) < 4.78 is 40.4. The maximum Gasteiger partial charge on any atom is 0.253 e. The fourth-order valence-electron chi connectivity index (χ4n) is 4.72. The van der Waals surface area contributed by atoms with E-state index in [-0.39, 0.29) is 28.7 Å². The summed E-state index contributed by atoms with van der Waals surface area (Å²) in [6.45, 7) is 5.19. The molecule has 7 nitrogen and oxygen atoms in total. The van der Waals surface area contributed by atoms with Crippen molar-refractivity contribution in [1.29, 1.82) is 0 Å². The molecule has 1 N–H and O–H groups in total. The summed E-state index contributed by atoms with van der Waals surface area (Å²) in [7, 11) is -2.35. The first-order valence-electron chi connectivity index (χ1n) is 12.0. The standard InChI is InChI=1S/C26H34N2O5S/c1-18-8-9-19(2)24(16-18)33-22-12-14-28(15-13-22)26(29)20-10-11-23(32-3)25(17-20)34(30,31)27-21-6-4-5-7-21/h8-11,16-17,21-22,27H,4-7,12-15H2,1-3H3. The lowest BCUT2D eigenvalue weighted by Crippen LogP contribution is -2.42. The van der Waals surface area contributed by atoms with Crippen LogP contribution in [0, 0.1) is 13.8 Å². The Balaban J connectivity index is 1.44. The van der Waals surface area contributed by atoms with Gasteiger partial charge in [0.1, 0.15) is 22.5 Å². The van der Waals surface area contributed by atoms with Gasteiger partial charge in [0.15, 0.2) is 0 Å². The van der Waals surface area contributed by atoms with Crippen molar-refractivity contribution >= 4 is 15.9 Å². The molecule has 1 aliphatic heterocycles. The quantitative estimate of drug-likeness (QED) is 0.634. The molecule has 1 aliphatic carbocycles. The van der Waals surface area contributed by atoms with Crippen LogP contribution >= 0.6 is 0 Å². The van der Waals surface area contributed by atoms with Crippen molar-refractivity contribution in [2.75, 3.05) is 20.2 Å². The van der Waals surface area contributed by atoms with Gasteiger partial charge in [-0.05, 0) is 62.1 Å². The zero-order valence-corrected chi connectivity index (χ0v) is 21.0. The van der Waals surface area contributed by atoms with E-state index in [1.807, 2.05) is 19.9 Å². The van der Waals surface area contributed by atoms with Gasteiger partial charge in [0.05, 0.1) is 7.11 Å². The fourth-order valence-corrected chi connectivity index (χ4v) is 6.22. The highest BCUT2D eigenvalue weighted by molar-refractivity contribution is 7.89. The zero-order valence-electron chi connectivity index (χ0n) is 20.2. The van der Waals surface area contributed by atoms with Crippen molar-refractivity contribution in [3.8, 4) is 11.5 Å². The molecule has 1 heterocycles. The van der Waals surface area contributed by atoms with Gasteiger partial charge in [0.25, 0.3) is 5.91 Å². The van der Waals surface area contributed by atoms with Crippen LogP contribution in [0.2, 0.25) is 0 Å². The van der Waals surface area contributed by atoms with Gasteiger partial charge in [-0.15, -0.1) is 0 Å². The Morgan fingerprint density at radius 3 is 2.35 bits per heavy atom. The van der Waals surface area contributed by atoms with E-state index in [0.29, 0.717) is 18.7 Å². The number of nitrogens with zero attached hydrogens (tertiary/aromatic N) is 1. The summed E-state index contributed by atoms with van der Waals surface area (Å²) in [5.74, 6) is 0.956. The maximum absolute atomic E-state index is 13.2. The van der Waals surface area contributed by atoms with E-state index in [1.54, 1.807) is 17.0 Å². The second-order valence-electron chi connectivity index (χ2n) is 9.35. The van der Waals surface area contributed by atoms with E-state index >= 15 is 0 Å². The highest BCUT2D eigenvalue weighted by atomic mass is 32.2. The van der Waals surface area contributed by atoms with Crippen LogP contribution in [0.5, 0.6) is 11.5 Å². The highest BCUT2D eigenvalue weighted by Crippen LogP contribution is 2.29. The van der Waals surface area contributed by atoms with Crippen molar-refractivity contribution in [1.82, 2.24) is 9.62 Å². The van der Waals surface area contributed by atoms with Crippen molar-refractivity contribution in [3.05, 3.63) is 53.1 Å². The lowest BCUT2D eigenvalue weighted by atomic mass is 10.1. The monoisotopic (exact) mass is 486 g/mol. The SMILES string of the molecule is COc1ccc(C(=O)N2CCC(Oc3cc(C)ccc3C)CC2)cc1S(=O)(=O)NC1CCCC1. The number of likely N-dealkylation sites (tertiary alicyclic amines) is 1. The van der Waals surface area contributed by atoms with Crippen molar-refractivity contribution in [2.24, 2.45) is 0 Å². The Hall–Kier alpha value is -2.58. The molecule has 0 atom stereocenters. The number of hydrogen-bond acceptors (Lipinski definition) is 5. The van der Waals surface area contributed by atoms with Crippen LogP contribution in [0.15, 0.2) is 41.3 Å². The topological polar surface area (TPSA) is 84.9 Å². The molecule has 1 saturated carbocycles. The van der Waals surface area contributed by atoms with E-state index in [0.717, 1.165) is 55.4 Å². The highest BCUT2D eigenvalue weighted by Gasteiger charge is 2.29. The maximum atomic E-state index is 13.2. The van der Waals surface area contributed by atoms with Crippen LogP contribution < -0.4 is 14.2 Å². The van der Waals surface area contributed by atoms with Gasteiger partial charge in [-0.1, -0.05) is 25.0 Å². The van der Waals surface area contributed by atoms with Crippen LogP contribution in [-0.4, -0.2) is 51.6 Å². The summed E-state index contributed by atoms with van der Waals surface area (Å²) in [5, 5.41) is 0. The van der Waals surface area contributed by atoms with E-state index in [4.69, 9.17) is 9.47 Å². The molecular weight excluding hydrogens is 452 g/mol. The van der Waals surface area contributed by atoms with Gasteiger partial charge in [-0.3, -0.25) is 4.79 Å². The number of carbonyl (C=O) groups excluding carboxylic acids is 1. The summed E-state index contributed by atoms with van der Waals surface area (Å²) in [4.78, 5) is 15.0. The normalized spacial score (nSPS) is 17.7. The van der Waals surface area contributed by atoms with Gasteiger partial charge >= 0.3 is 0 Å². The lowest BCUT2D eigenvalue weighted by molar-refractivity contribution is 0.0594. The molecule has 8 heteroatoms. The average Bonchev–Trinajstić information content (AvgIpc) is 3.33. The molecular formula is C26H34N2O5S. The zero-order chi connectivity index (χ0) is 24.3. The van der Waals surface area contributed by atoms with Crippen LogP contribution in [0.4, 0.5) is 0 Å². The molecule has 0 radical (unpaired) electrons. The molecule has 1 amide bonds. The van der Waals surface area contributed by atoms with Crippen LogP contribution in [-0.2, 0) is 10.0 Å². The van der Waals surface area contributed by atoms with Gasteiger partial charge in [-0.2, -0.15) is 0 Å². The van der Waals surface area contributed by atoms with Gasteiger partial charge in [0.2, 0.25) is 10.0 Å². The lowest BCUT2D eigenvalue weighted by Gasteiger charge is -2.32. The summed E-state index contributed by atoms with van der Waals surface area (Å²) in [6.07, 6.45) is 5.20. The second kappa shape index (κ2) is 10.4. The Morgan fingerprint density at radius 2 is 1.68 bits per heavy atom. The molecule has 2 aromatic carbocycles. The number of aryl methyl sites for hydroxylation is 2. The molecule has 184 valence electrons. The molecule has 0 spiro atoms. The predicted molar refractivity (Wildman–Crippen MR) is 131 cm³/mol. The first kappa shape index (κ1) is 24.5. The first-order chi connectivity index (χ1) is 16.3. The molecule has 0 aromatic heterocycles. The molecule has 0 bridgehead atoms. The summed E-state index contributed by atoms with van der Waals surface area (Å²) >= 11 is 0. The van der Waals surface area contributed by atoms with Crippen LogP contribution in [0.1, 0.15) is 60.0 Å². The van der Waals surface area contributed by atoms with E-state index < -0.39 is 10.0 Å². The number of carbonyl (C=O) groups is 1. The molecule has 2 fully saturated rings. The molecule has 2 aromatic rings. The number of sulfonamides is 1. The fraction of sp³-hybridized carbons (Fsp3) is 0.500. The number of benzene rings is 2. The van der Waals surface area contributed by atoms with Crippen molar-refractivity contribution < 1.29 is 22.7 Å². The number of piperidine rings is 1. The molecule has 2 aliphatic rings. The van der Waals surface area contributed by atoms with Gasteiger partial charge in [0, 0.05) is 37.5 Å². The first-order valence-corrected chi connectivity index (χ1v) is 13.5. The predicted octanol–water partition coefficient (Wildman–Crippen LogP) is 4.22. The smallest absolute Gasteiger partial charge is 0.253 e. The largest absolute Gasteiger partial charge is 0.495 e. The Morgan fingerprint density at radius 1 is 0.971 bits per heavy atom. The molecule has 0 unspecified atom stereocenters. The summed E-state index contributed by atoms with van der Waals surface area (Å²) in [6, 6.07) is 10.7. The van der Waals surface area contributed by atoms with Crippen molar-refractivity contribution in [3.63, 3.8) is 0 Å². The Labute approximate surface area is 202 Å². The number of nitrogens with one attached hydrogen (secondary N) is 1. The Bertz CT molecular complexity index is 1130. The minimum atomic E-state index is -3.79. The number of methoxy groups -OCH3 is 1. The number of ether oxygens (including phenoxy) is 2. The number of rotatable bonds is 7. The average molecular weight is 487 g/mol. The van der Waals surface area contributed by atoms with Crippen LogP contribution in [0.25, 0.3) is 0 Å². The minimum absolute atomic E-state index is 0.0147. The third kappa shape index (κ3) is 5.55. The van der Waals surface area contributed by atoms with Crippen LogP contribution in [0.3, 0.4) is 0 Å². The minimum Gasteiger partial charge on any atom is -0.495 e. The third-order valence-corrected chi connectivity index (χ3v) is 8.29. The third-order valence-electron chi connectivity index (χ3n) is 6.74. The summed E-state index contributed by atoms with van der Waals surface area (Å²) in [5.41, 5.74) is 2.60. The molecule has 1 saturated heterocycles.